The lowest BCUT2D eigenvalue weighted by Crippen LogP contribution is -2.46. The first-order chi connectivity index (χ1) is 6.09. The number of rotatable bonds is 4. The van der Waals surface area contributed by atoms with Crippen LogP contribution in [0.3, 0.4) is 0 Å². The Hall–Kier alpha value is -0.610. The van der Waals surface area contributed by atoms with Crippen molar-refractivity contribution in [1.29, 1.82) is 0 Å². The highest BCUT2D eigenvalue weighted by atomic mass is 16.1. The molecule has 1 aliphatic carbocycles. The van der Waals surface area contributed by atoms with E-state index >= 15 is 0 Å². The first kappa shape index (κ1) is 10.5. The Kier molecular flexibility index (Phi) is 3.69. The third-order valence-corrected chi connectivity index (χ3v) is 2.40. The van der Waals surface area contributed by atoms with Crippen LogP contribution in [0.25, 0.3) is 0 Å². The average molecular weight is 185 g/mol. The number of nitrogens with zero attached hydrogens (tertiary/aromatic N) is 1. The molecular weight excluding hydrogens is 166 g/mol. The summed E-state index contributed by atoms with van der Waals surface area (Å²) in [5.41, 5.74) is 5.60. The fraction of sp³-hybridized carbons (Fsp3) is 0.889. The van der Waals surface area contributed by atoms with Crippen molar-refractivity contribution in [3.8, 4) is 0 Å². The van der Waals surface area contributed by atoms with E-state index in [1.54, 1.807) is 0 Å². The monoisotopic (exact) mass is 185 g/mol. The number of hydrogen-bond donors (Lipinski definition) is 2. The van der Waals surface area contributed by atoms with Crippen LogP contribution in [-0.2, 0) is 4.79 Å². The molecule has 0 saturated heterocycles. The Bertz CT molecular complexity index is 176. The topological polar surface area (TPSA) is 58.4 Å². The van der Waals surface area contributed by atoms with Gasteiger partial charge in [0.15, 0.2) is 0 Å². The van der Waals surface area contributed by atoms with Crippen molar-refractivity contribution in [3.63, 3.8) is 0 Å². The fourth-order valence-electron chi connectivity index (χ4n) is 1.42. The van der Waals surface area contributed by atoms with Crippen molar-refractivity contribution < 1.29 is 4.79 Å². The summed E-state index contributed by atoms with van der Waals surface area (Å²) in [7, 11) is 3.98. The molecule has 1 amide bonds. The Morgan fingerprint density at radius 3 is 2.62 bits per heavy atom. The standard InChI is InChI=1S/C9H19N3O/c1-12(2)4-3-11-9(13)7-5-8(10)6-7/h7-8H,3-6,10H2,1-2H3,(H,11,13)/t7-,8+. The summed E-state index contributed by atoms with van der Waals surface area (Å²) < 4.78 is 0. The molecule has 76 valence electrons. The van der Waals surface area contributed by atoms with Crippen LogP contribution in [0.4, 0.5) is 0 Å². The smallest absolute Gasteiger partial charge is 0.223 e. The number of nitrogens with one attached hydrogen (secondary N) is 1. The Labute approximate surface area is 79.5 Å². The SMILES string of the molecule is CN(C)CCNC(=O)[C@H]1C[C@@H](N)C1. The van der Waals surface area contributed by atoms with Crippen molar-refractivity contribution in [1.82, 2.24) is 10.2 Å². The molecule has 4 nitrogen and oxygen atoms in total. The molecule has 4 heteroatoms. The van der Waals surface area contributed by atoms with Gasteiger partial charge in [-0.2, -0.15) is 0 Å². The summed E-state index contributed by atoms with van der Waals surface area (Å²) in [5, 5.41) is 2.90. The molecular formula is C9H19N3O. The molecule has 0 bridgehead atoms. The molecule has 1 saturated carbocycles. The molecule has 1 fully saturated rings. The van der Waals surface area contributed by atoms with E-state index < -0.39 is 0 Å². The second kappa shape index (κ2) is 4.58. The van der Waals surface area contributed by atoms with Gasteiger partial charge in [0.2, 0.25) is 5.91 Å². The molecule has 0 aliphatic heterocycles. The summed E-state index contributed by atoms with van der Waals surface area (Å²) in [5.74, 6) is 0.348. The third-order valence-electron chi connectivity index (χ3n) is 2.40. The maximum absolute atomic E-state index is 11.4. The minimum Gasteiger partial charge on any atom is -0.355 e. The summed E-state index contributed by atoms with van der Waals surface area (Å²) in [4.78, 5) is 13.4. The normalized spacial score (nSPS) is 27.1. The van der Waals surface area contributed by atoms with Crippen molar-refractivity contribution >= 4 is 5.91 Å². The first-order valence-electron chi connectivity index (χ1n) is 4.77. The zero-order valence-corrected chi connectivity index (χ0v) is 8.42. The molecule has 0 heterocycles. The zero-order valence-electron chi connectivity index (χ0n) is 8.42. The molecule has 3 N–H and O–H groups in total. The van der Waals surface area contributed by atoms with Crippen molar-refractivity contribution in [3.05, 3.63) is 0 Å². The molecule has 0 aromatic rings. The molecule has 0 spiro atoms. The molecule has 0 unspecified atom stereocenters. The second-order valence-electron chi connectivity index (χ2n) is 4.02. The van der Waals surface area contributed by atoms with Gasteiger partial charge in [0.05, 0.1) is 0 Å². The number of carbonyl (C=O) groups excluding carboxylic acids is 1. The lowest BCUT2D eigenvalue weighted by molar-refractivity contribution is -0.127. The predicted molar refractivity (Wildman–Crippen MR) is 52.3 cm³/mol. The number of amides is 1. The number of hydrogen-bond acceptors (Lipinski definition) is 3. The highest BCUT2D eigenvalue weighted by molar-refractivity contribution is 5.79. The predicted octanol–water partition coefficient (Wildman–Crippen LogP) is -0.598. The number of likely N-dealkylation sites (N-methyl/N-ethyl adjacent to an activating group) is 1. The summed E-state index contributed by atoms with van der Waals surface area (Å²) in [6.45, 7) is 1.63. The van der Waals surface area contributed by atoms with Gasteiger partial charge >= 0.3 is 0 Å². The minimum atomic E-state index is 0.170. The van der Waals surface area contributed by atoms with Gasteiger partial charge < -0.3 is 16.0 Å². The summed E-state index contributed by atoms with van der Waals surface area (Å²) >= 11 is 0. The summed E-state index contributed by atoms with van der Waals surface area (Å²) in [6, 6.07) is 0.254. The van der Waals surface area contributed by atoms with E-state index in [4.69, 9.17) is 5.73 Å². The first-order valence-corrected chi connectivity index (χ1v) is 4.77. The van der Waals surface area contributed by atoms with Crippen LogP contribution in [0.5, 0.6) is 0 Å². The molecule has 1 aliphatic rings. The maximum atomic E-state index is 11.4. The van der Waals surface area contributed by atoms with Crippen LogP contribution in [-0.4, -0.2) is 44.0 Å². The third kappa shape index (κ3) is 3.32. The summed E-state index contributed by atoms with van der Waals surface area (Å²) in [6.07, 6.45) is 1.71. The van der Waals surface area contributed by atoms with Gasteiger partial charge in [0.25, 0.3) is 0 Å². The van der Waals surface area contributed by atoms with Gasteiger partial charge in [0, 0.05) is 25.0 Å². The Morgan fingerprint density at radius 2 is 2.15 bits per heavy atom. The van der Waals surface area contributed by atoms with E-state index in [-0.39, 0.29) is 17.9 Å². The van der Waals surface area contributed by atoms with E-state index in [9.17, 15) is 4.79 Å². The quantitative estimate of drug-likeness (QED) is 0.615. The van der Waals surface area contributed by atoms with Crippen LogP contribution in [0, 0.1) is 5.92 Å². The van der Waals surface area contributed by atoms with Gasteiger partial charge in [-0.15, -0.1) is 0 Å². The van der Waals surface area contributed by atoms with Crippen molar-refractivity contribution in [2.24, 2.45) is 11.7 Å². The van der Waals surface area contributed by atoms with Crippen LogP contribution in [0.15, 0.2) is 0 Å². The van der Waals surface area contributed by atoms with Crippen molar-refractivity contribution in [2.75, 3.05) is 27.2 Å². The Morgan fingerprint density at radius 1 is 1.54 bits per heavy atom. The molecule has 13 heavy (non-hydrogen) atoms. The minimum absolute atomic E-state index is 0.170. The molecule has 0 radical (unpaired) electrons. The van der Waals surface area contributed by atoms with E-state index in [1.165, 1.54) is 0 Å². The van der Waals surface area contributed by atoms with Crippen molar-refractivity contribution in [2.45, 2.75) is 18.9 Å². The van der Waals surface area contributed by atoms with E-state index in [0.717, 1.165) is 25.9 Å². The van der Waals surface area contributed by atoms with E-state index in [1.807, 2.05) is 19.0 Å². The van der Waals surface area contributed by atoms with Crippen LogP contribution >= 0.6 is 0 Å². The fourth-order valence-corrected chi connectivity index (χ4v) is 1.42. The number of carbonyl (C=O) groups is 1. The molecule has 1 rings (SSSR count). The van der Waals surface area contributed by atoms with Crippen LogP contribution in [0.2, 0.25) is 0 Å². The van der Waals surface area contributed by atoms with Gasteiger partial charge in [-0.05, 0) is 26.9 Å². The van der Waals surface area contributed by atoms with Gasteiger partial charge in [-0.1, -0.05) is 0 Å². The Balaban J connectivity index is 2.05. The molecule has 0 atom stereocenters. The highest BCUT2D eigenvalue weighted by Gasteiger charge is 2.31. The van der Waals surface area contributed by atoms with E-state index in [2.05, 4.69) is 5.32 Å². The van der Waals surface area contributed by atoms with Gasteiger partial charge in [-0.3, -0.25) is 4.79 Å². The largest absolute Gasteiger partial charge is 0.355 e. The van der Waals surface area contributed by atoms with Crippen LogP contribution < -0.4 is 11.1 Å². The molecule has 0 aromatic heterocycles. The zero-order chi connectivity index (χ0) is 9.84. The van der Waals surface area contributed by atoms with Gasteiger partial charge in [0.1, 0.15) is 0 Å². The number of nitrogens with two attached hydrogens (primary N) is 1. The lowest BCUT2D eigenvalue weighted by atomic mass is 9.80. The molecule has 0 aromatic carbocycles. The second-order valence-corrected chi connectivity index (χ2v) is 4.02. The highest BCUT2D eigenvalue weighted by Crippen LogP contribution is 2.25. The van der Waals surface area contributed by atoms with Crippen LogP contribution in [0.1, 0.15) is 12.8 Å². The maximum Gasteiger partial charge on any atom is 0.223 e. The van der Waals surface area contributed by atoms with Gasteiger partial charge in [-0.25, -0.2) is 0 Å². The van der Waals surface area contributed by atoms with E-state index in [0.29, 0.717) is 0 Å². The average Bonchev–Trinajstić information content (AvgIpc) is 1.97. The lowest BCUT2D eigenvalue weighted by Gasteiger charge is -2.31.